The predicted molar refractivity (Wildman–Crippen MR) is 122 cm³/mol. The molecule has 0 atom stereocenters. The molecule has 0 amide bonds. The third-order valence-electron chi connectivity index (χ3n) is 5.45. The summed E-state index contributed by atoms with van der Waals surface area (Å²) in [7, 11) is -3.92. The second kappa shape index (κ2) is 8.68. The van der Waals surface area contributed by atoms with Crippen molar-refractivity contribution in [2.24, 2.45) is 4.99 Å². The van der Waals surface area contributed by atoms with Gasteiger partial charge >= 0.3 is 0 Å². The Morgan fingerprint density at radius 1 is 1.20 bits per heavy atom. The van der Waals surface area contributed by atoms with E-state index in [4.69, 9.17) is 4.98 Å². The summed E-state index contributed by atoms with van der Waals surface area (Å²) in [5.74, 6) is 1.64. The zero-order valence-electron chi connectivity index (χ0n) is 17.4. The third kappa shape index (κ3) is 3.76. The van der Waals surface area contributed by atoms with Crippen molar-refractivity contribution in [3.8, 4) is 0 Å². The summed E-state index contributed by atoms with van der Waals surface area (Å²) in [6.07, 6.45) is 4.35. The highest BCUT2D eigenvalue weighted by molar-refractivity contribution is 8.14. The van der Waals surface area contributed by atoms with Crippen LogP contribution in [0.4, 0.5) is 5.82 Å². The van der Waals surface area contributed by atoms with E-state index in [-0.39, 0.29) is 4.90 Å². The van der Waals surface area contributed by atoms with Gasteiger partial charge in [0.1, 0.15) is 10.7 Å². The number of aromatic nitrogens is 2. The first-order valence-corrected chi connectivity index (χ1v) is 12.9. The predicted octanol–water partition coefficient (Wildman–Crippen LogP) is 2.37. The number of fused-ring (bicyclic) bond motifs is 1. The topological polar surface area (TPSA) is 87.9 Å². The molecular formula is C20H27N5O3S2. The quantitative estimate of drug-likeness (QED) is 0.673. The van der Waals surface area contributed by atoms with Gasteiger partial charge in [-0.25, -0.2) is 13.4 Å². The molecule has 0 radical (unpaired) electrons. The van der Waals surface area contributed by atoms with Crippen LogP contribution in [0.1, 0.15) is 33.1 Å². The van der Waals surface area contributed by atoms with Crippen LogP contribution in [0.25, 0.3) is 11.0 Å². The molecule has 10 heteroatoms. The third-order valence-corrected chi connectivity index (χ3v) is 8.39. The standard InChI is InChI=1S/C20H27N5O3S2/c1-3-10-24(4-2)30(27,28)16-14-25(20-21-9-13-29-20)19-15(18(16)26)7-8-17(22-19)23-11-5-6-12-23/h7-8,14H,3-6,9-13H2,1-2H3. The average Bonchev–Trinajstić information content (AvgIpc) is 3.46. The van der Waals surface area contributed by atoms with Crippen molar-refractivity contribution in [2.75, 3.05) is 43.4 Å². The van der Waals surface area contributed by atoms with Crippen molar-refractivity contribution in [2.45, 2.75) is 38.0 Å². The summed E-state index contributed by atoms with van der Waals surface area (Å²) < 4.78 is 29.6. The van der Waals surface area contributed by atoms with Crippen LogP contribution in [0.2, 0.25) is 0 Å². The van der Waals surface area contributed by atoms with Crippen LogP contribution in [0.5, 0.6) is 0 Å². The van der Waals surface area contributed by atoms with Gasteiger partial charge in [-0.2, -0.15) is 4.31 Å². The van der Waals surface area contributed by atoms with Crippen molar-refractivity contribution < 1.29 is 8.42 Å². The molecule has 4 rings (SSSR count). The van der Waals surface area contributed by atoms with E-state index in [1.807, 2.05) is 13.0 Å². The molecule has 2 aromatic heterocycles. The normalized spacial score (nSPS) is 17.3. The summed E-state index contributed by atoms with van der Waals surface area (Å²) in [5.41, 5.74) is -0.0325. The molecule has 1 saturated heterocycles. The lowest BCUT2D eigenvalue weighted by molar-refractivity contribution is 0.426. The Kier molecular flexibility index (Phi) is 6.17. The van der Waals surface area contributed by atoms with Gasteiger partial charge in [-0.15, -0.1) is 0 Å². The van der Waals surface area contributed by atoms with Crippen molar-refractivity contribution >= 4 is 43.8 Å². The number of rotatable bonds is 6. The first-order chi connectivity index (χ1) is 14.5. The zero-order valence-corrected chi connectivity index (χ0v) is 19.0. The summed E-state index contributed by atoms with van der Waals surface area (Å²) in [4.78, 5) is 24.6. The van der Waals surface area contributed by atoms with E-state index in [1.165, 1.54) is 10.5 Å². The van der Waals surface area contributed by atoms with E-state index in [0.717, 1.165) is 37.5 Å². The van der Waals surface area contributed by atoms with Gasteiger partial charge in [0.15, 0.2) is 10.8 Å². The Balaban J connectivity index is 1.94. The van der Waals surface area contributed by atoms with Gasteiger partial charge in [-0.05, 0) is 31.4 Å². The van der Waals surface area contributed by atoms with Gasteiger partial charge in [-0.3, -0.25) is 14.4 Å². The van der Waals surface area contributed by atoms with Crippen molar-refractivity contribution in [1.82, 2.24) is 13.9 Å². The Morgan fingerprint density at radius 3 is 2.60 bits per heavy atom. The second-order valence-electron chi connectivity index (χ2n) is 7.44. The second-order valence-corrected chi connectivity index (χ2v) is 10.4. The lowest BCUT2D eigenvalue weighted by atomic mass is 10.2. The summed E-state index contributed by atoms with van der Waals surface area (Å²) in [6.45, 7) is 6.94. The Morgan fingerprint density at radius 2 is 1.97 bits per heavy atom. The van der Waals surface area contributed by atoms with Crippen LogP contribution in [-0.4, -0.2) is 65.9 Å². The lowest BCUT2D eigenvalue weighted by Crippen LogP contribution is -2.35. The van der Waals surface area contributed by atoms with Crippen LogP contribution < -0.4 is 10.3 Å². The molecule has 1 fully saturated rings. The van der Waals surface area contributed by atoms with E-state index >= 15 is 0 Å². The van der Waals surface area contributed by atoms with Crippen LogP contribution in [-0.2, 0) is 10.0 Å². The monoisotopic (exact) mass is 449 g/mol. The Labute approximate surface area is 181 Å². The van der Waals surface area contributed by atoms with Crippen LogP contribution >= 0.6 is 11.8 Å². The SMILES string of the molecule is CCCN(CC)S(=O)(=O)c1cn(C2=NCCS2)c2nc(N3CCCC3)ccc2c1=O. The number of anilines is 1. The largest absolute Gasteiger partial charge is 0.357 e. The molecular weight excluding hydrogens is 422 g/mol. The molecule has 8 nitrogen and oxygen atoms in total. The molecule has 162 valence electrons. The smallest absolute Gasteiger partial charge is 0.248 e. The number of sulfonamides is 1. The fourth-order valence-corrected chi connectivity index (χ4v) is 6.38. The van der Waals surface area contributed by atoms with Crippen molar-refractivity contribution in [3.05, 3.63) is 28.6 Å². The number of hydrogen-bond donors (Lipinski definition) is 0. The van der Waals surface area contributed by atoms with Gasteiger partial charge in [0.05, 0.1) is 11.9 Å². The molecule has 2 aliphatic heterocycles. The number of thioether (sulfide) groups is 1. The van der Waals surface area contributed by atoms with Gasteiger partial charge in [0, 0.05) is 38.1 Å². The van der Waals surface area contributed by atoms with Crippen LogP contribution in [0, 0.1) is 0 Å². The number of aliphatic imine (C=N–C) groups is 1. The number of hydrogen-bond acceptors (Lipinski definition) is 7. The van der Waals surface area contributed by atoms with Gasteiger partial charge in [-0.1, -0.05) is 25.6 Å². The summed E-state index contributed by atoms with van der Waals surface area (Å²) >= 11 is 1.55. The highest BCUT2D eigenvalue weighted by atomic mass is 32.2. The van der Waals surface area contributed by atoms with E-state index in [0.29, 0.717) is 42.3 Å². The van der Waals surface area contributed by atoms with E-state index in [1.54, 1.807) is 29.3 Å². The van der Waals surface area contributed by atoms with E-state index in [9.17, 15) is 13.2 Å². The molecule has 0 unspecified atom stereocenters. The number of nitrogens with zero attached hydrogens (tertiary/aromatic N) is 5. The van der Waals surface area contributed by atoms with Crippen LogP contribution in [0.15, 0.2) is 33.0 Å². The van der Waals surface area contributed by atoms with Crippen LogP contribution in [0.3, 0.4) is 0 Å². The van der Waals surface area contributed by atoms with E-state index in [2.05, 4.69) is 9.89 Å². The maximum Gasteiger partial charge on any atom is 0.248 e. The highest BCUT2D eigenvalue weighted by Gasteiger charge is 2.29. The molecule has 0 aliphatic carbocycles. The molecule has 2 aliphatic rings. The summed E-state index contributed by atoms with van der Waals surface area (Å²) in [6, 6.07) is 3.53. The zero-order chi connectivity index (χ0) is 21.3. The first kappa shape index (κ1) is 21.3. The minimum absolute atomic E-state index is 0.212. The molecule has 0 saturated carbocycles. The molecule has 0 N–H and O–H groups in total. The Bertz CT molecular complexity index is 1140. The minimum atomic E-state index is -3.92. The first-order valence-electron chi connectivity index (χ1n) is 10.5. The fourth-order valence-electron chi connectivity index (χ4n) is 3.93. The molecule has 30 heavy (non-hydrogen) atoms. The molecule has 0 spiro atoms. The average molecular weight is 450 g/mol. The highest BCUT2D eigenvalue weighted by Crippen LogP contribution is 2.25. The fraction of sp³-hybridized carbons (Fsp3) is 0.550. The Hall–Kier alpha value is -1.91. The van der Waals surface area contributed by atoms with Crippen molar-refractivity contribution in [3.63, 3.8) is 0 Å². The van der Waals surface area contributed by atoms with Crippen molar-refractivity contribution in [1.29, 1.82) is 0 Å². The maximum absolute atomic E-state index is 13.3. The van der Waals surface area contributed by atoms with Gasteiger partial charge < -0.3 is 4.90 Å². The van der Waals surface area contributed by atoms with E-state index < -0.39 is 15.5 Å². The molecule has 2 aromatic rings. The minimum Gasteiger partial charge on any atom is -0.357 e. The number of pyridine rings is 2. The maximum atomic E-state index is 13.3. The van der Waals surface area contributed by atoms with Gasteiger partial charge in [0.2, 0.25) is 15.5 Å². The van der Waals surface area contributed by atoms with Gasteiger partial charge in [0.25, 0.3) is 0 Å². The molecule has 0 aromatic carbocycles. The molecule has 0 bridgehead atoms. The lowest BCUT2D eigenvalue weighted by Gasteiger charge is -2.21. The summed E-state index contributed by atoms with van der Waals surface area (Å²) in [5, 5.41) is 0.989. The molecule has 4 heterocycles.